The lowest BCUT2D eigenvalue weighted by Crippen LogP contribution is -2.35. The van der Waals surface area contributed by atoms with Crippen LogP contribution >= 0.6 is 0 Å². The highest BCUT2D eigenvalue weighted by Gasteiger charge is 2.26. The second-order valence-corrected chi connectivity index (χ2v) is 7.36. The van der Waals surface area contributed by atoms with Crippen LogP contribution in [0.5, 0.6) is 0 Å². The molecule has 0 unspecified atom stereocenters. The van der Waals surface area contributed by atoms with Crippen molar-refractivity contribution in [2.24, 2.45) is 14.1 Å². The molecular weight excluding hydrogens is 358 g/mol. The molecule has 0 saturated carbocycles. The summed E-state index contributed by atoms with van der Waals surface area (Å²) < 4.78 is 3.15. The molecule has 0 aliphatic carbocycles. The number of nitrogens with one attached hydrogen (secondary N) is 2. The van der Waals surface area contributed by atoms with E-state index < -0.39 is 11.2 Å². The lowest BCUT2D eigenvalue weighted by atomic mass is 9.96. The second-order valence-electron chi connectivity index (χ2n) is 7.36. The third kappa shape index (κ3) is 2.46. The van der Waals surface area contributed by atoms with Gasteiger partial charge in [0.25, 0.3) is 5.56 Å². The van der Waals surface area contributed by atoms with Gasteiger partial charge < -0.3 is 14.5 Å². The molecule has 144 valence electrons. The van der Waals surface area contributed by atoms with Crippen molar-refractivity contribution in [1.82, 2.24) is 29.1 Å². The number of rotatable bonds is 2. The number of piperidine rings is 1. The summed E-state index contributed by atoms with van der Waals surface area (Å²) in [5, 5.41) is 0. The Kier molecular flexibility index (Phi) is 3.65. The molecule has 4 aromatic rings. The maximum absolute atomic E-state index is 12.2. The van der Waals surface area contributed by atoms with Gasteiger partial charge in [-0.2, -0.15) is 4.98 Å². The standard InChI is InChI=1S/C19H21N7O2/c1-24-14-16(25(2)19(28)23-17(14)27)22-18(24)26-9-7-11(8-10-26)15-20-12-5-3-4-6-13(12)21-15/h3-6,11H,7-10H2,1-2H3,(H,20,21)(H,23,27,28). The van der Waals surface area contributed by atoms with E-state index >= 15 is 0 Å². The Morgan fingerprint density at radius 2 is 1.75 bits per heavy atom. The molecule has 0 amide bonds. The van der Waals surface area contributed by atoms with E-state index in [1.165, 1.54) is 4.57 Å². The van der Waals surface area contributed by atoms with E-state index in [-0.39, 0.29) is 0 Å². The van der Waals surface area contributed by atoms with Crippen molar-refractivity contribution in [1.29, 1.82) is 0 Å². The van der Waals surface area contributed by atoms with Crippen LogP contribution in [0.2, 0.25) is 0 Å². The molecule has 9 heteroatoms. The number of benzene rings is 1. The van der Waals surface area contributed by atoms with Gasteiger partial charge in [-0.25, -0.2) is 9.78 Å². The maximum atomic E-state index is 12.2. The number of aromatic nitrogens is 6. The fraction of sp³-hybridized carbons (Fsp3) is 0.368. The number of imidazole rings is 2. The maximum Gasteiger partial charge on any atom is 0.329 e. The quantitative estimate of drug-likeness (QED) is 0.545. The average Bonchev–Trinajstić information content (AvgIpc) is 3.28. The summed E-state index contributed by atoms with van der Waals surface area (Å²) in [6.45, 7) is 1.62. The zero-order valence-electron chi connectivity index (χ0n) is 15.8. The molecular formula is C19H21N7O2. The summed E-state index contributed by atoms with van der Waals surface area (Å²) in [4.78, 5) is 41.4. The highest BCUT2D eigenvalue weighted by atomic mass is 16.2. The fourth-order valence-corrected chi connectivity index (χ4v) is 4.10. The Morgan fingerprint density at radius 3 is 2.50 bits per heavy atom. The first-order valence-corrected chi connectivity index (χ1v) is 9.38. The summed E-state index contributed by atoms with van der Waals surface area (Å²) in [5.74, 6) is 2.11. The molecule has 9 nitrogen and oxygen atoms in total. The number of hydrogen-bond donors (Lipinski definition) is 2. The van der Waals surface area contributed by atoms with E-state index in [1.807, 2.05) is 31.3 Å². The van der Waals surface area contributed by atoms with Crippen molar-refractivity contribution in [3.8, 4) is 0 Å². The Morgan fingerprint density at radius 1 is 1.00 bits per heavy atom. The monoisotopic (exact) mass is 379 g/mol. The number of anilines is 1. The lowest BCUT2D eigenvalue weighted by Gasteiger charge is -2.31. The number of H-pyrrole nitrogens is 2. The predicted molar refractivity (Wildman–Crippen MR) is 107 cm³/mol. The van der Waals surface area contributed by atoms with Crippen molar-refractivity contribution in [3.05, 3.63) is 50.9 Å². The van der Waals surface area contributed by atoms with E-state index in [9.17, 15) is 9.59 Å². The van der Waals surface area contributed by atoms with Gasteiger partial charge in [-0.1, -0.05) is 12.1 Å². The van der Waals surface area contributed by atoms with Crippen molar-refractivity contribution in [3.63, 3.8) is 0 Å². The molecule has 4 heterocycles. The molecule has 1 aromatic carbocycles. The molecule has 1 fully saturated rings. The van der Waals surface area contributed by atoms with Crippen LogP contribution in [0.25, 0.3) is 22.2 Å². The van der Waals surface area contributed by atoms with Gasteiger partial charge in [0.1, 0.15) is 5.82 Å². The third-order valence-corrected chi connectivity index (χ3v) is 5.68. The van der Waals surface area contributed by atoms with Crippen molar-refractivity contribution in [2.45, 2.75) is 18.8 Å². The minimum atomic E-state index is -0.453. The minimum Gasteiger partial charge on any atom is -0.342 e. The van der Waals surface area contributed by atoms with E-state index in [2.05, 4.69) is 19.9 Å². The molecule has 0 radical (unpaired) electrons. The molecule has 0 spiro atoms. The van der Waals surface area contributed by atoms with Gasteiger partial charge >= 0.3 is 5.69 Å². The average molecular weight is 379 g/mol. The van der Waals surface area contributed by atoms with Gasteiger partial charge in [0.15, 0.2) is 11.2 Å². The number of hydrogen-bond acceptors (Lipinski definition) is 5. The van der Waals surface area contributed by atoms with E-state index in [1.54, 1.807) is 11.6 Å². The Labute approximate surface area is 159 Å². The summed E-state index contributed by atoms with van der Waals surface area (Å²) in [7, 11) is 3.43. The molecule has 0 bridgehead atoms. The first-order valence-electron chi connectivity index (χ1n) is 9.38. The van der Waals surface area contributed by atoms with Crippen LogP contribution in [0.15, 0.2) is 33.9 Å². The van der Waals surface area contributed by atoms with Gasteiger partial charge in [-0.15, -0.1) is 0 Å². The number of aromatic amines is 2. The first-order chi connectivity index (χ1) is 13.5. The molecule has 3 aromatic heterocycles. The number of aryl methyl sites for hydroxylation is 2. The van der Waals surface area contributed by atoms with Gasteiger partial charge in [0.05, 0.1) is 11.0 Å². The summed E-state index contributed by atoms with van der Waals surface area (Å²) in [6, 6.07) is 8.07. The van der Waals surface area contributed by atoms with E-state index in [4.69, 9.17) is 4.98 Å². The van der Waals surface area contributed by atoms with Crippen LogP contribution in [0, 0.1) is 0 Å². The molecule has 0 atom stereocenters. The lowest BCUT2D eigenvalue weighted by molar-refractivity contribution is 0.482. The Bertz CT molecular complexity index is 1270. The number of fused-ring (bicyclic) bond motifs is 2. The summed E-state index contributed by atoms with van der Waals surface area (Å²) in [5.41, 5.74) is 2.02. The van der Waals surface area contributed by atoms with E-state index in [0.29, 0.717) is 23.0 Å². The van der Waals surface area contributed by atoms with Crippen LogP contribution in [-0.4, -0.2) is 42.2 Å². The Hall–Kier alpha value is -3.36. The fourth-order valence-electron chi connectivity index (χ4n) is 4.10. The second kappa shape index (κ2) is 6.08. The van der Waals surface area contributed by atoms with Gasteiger partial charge in [-0.05, 0) is 25.0 Å². The SMILES string of the molecule is Cn1c(N2CCC(c3nc4ccccc4[nH]3)CC2)nc2c1c(=O)[nH]c(=O)n2C. The molecule has 1 aliphatic heterocycles. The first kappa shape index (κ1) is 16.8. The highest BCUT2D eigenvalue weighted by molar-refractivity contribution is 5.75. The number of nitrogens with zero attached hydrogens (tertiary/aromatic N) is 5. The van der Waals surface area contributed by atoms with Crippen LogP contribution in [-0.2, 0) is 14.1 Å². The molecule has 1 aliphatic rings. The van der Waals surface area contributed by atoms with Crippen LogP contribution in [0.4, 0.5) is 5.95 Å². The molecule has 2 N–H and O–H groups in total. The van der Waals surface area contributed by atoms with Crippen LogP contribution < -0.4 is 16.1 Å². The number of para-hydroxylation sites is 2. The summed E-state index contributed by atoms with van der Waals surface area (Å²) >= 11 is 0. The van der Waals surface area contributed by atoms with Gasteiger partial charge in [-0.3, -0.25) is 14.3 Å². The van der Waals surface area contributed by atoms with Crippen LogP contribution in [0.1, 0.15) is 24.6 Å². The minimum absolute atomic E-state index is 0.367. The molecule has 5 rings (SSSR count). The van der Waals surface area contributed by atoms with Crippen molar-refractivity contribution >= 4 is 28.1 Å². The third-order valence-electron chi connectivity index (χ3n) is 5.68. The van der Waals surface area contributed by atoms with Crippen LogP contribution in [0.3, 0.4) is 0 Å². The topological polar surface area (TPSA) is 105 Å². The molecule has 28 heavy (non-hydrogen) atoms. The van der Waals surface area contributed by atoms with Gasteiger partial charge in [0.2, 0.25) is 5.95 Å². The zero-order chi connectivity index (χ0) is 19.4. The normalized spacial score (nSPS) is 15.7. The smallest absolute Gasteiger partial charge is 0.329 e. The highest BCUT2D eigenvalue weighted by Crippen LogP contribution is 2.30. The van der Waals surface area contributed by atoms with Gasteiger partial charge in [0, 0.05) is 33.1 Å². The van der Waals surface area contributed by atoms with Crippen molar-refractivity contribution in [2.75, 3.05) is 18.0 Å². The largest absolute Gasteiger partial charge is 0.342 e. The van der Waals surface area contributed by atoms with E-state index in [0.717, 1.165) is 42.8 Å². The summed E-state index contributed by atoms with van der Waals surface area (Å²) in [6.07, 6.45) is 1.89. The Balaban J connectivity index is 1.43. The van der Waals surface area contributed by atoms with Crippen molar-refractivity contribution < 1.29 is 0 Å². The molecule has 1 saturated heterocycles. The zero-order valence-corrected chi connectivity index (χ0v) is 15.8. The predicted octanol–water partition coefficient (Wildman–Crippen LogP) is 1.22.